The number of carbonyl (C=O) groups excluding carboxylic acids is 2. The van der Waals surface area contributed by atoms with E-state index >= 15 is 0 Å². The van der Waals surface area contributed by atoms with Crippen molar-refractivity contribution in [2.24, 2.45) is 0 Å². The summed E-state index contributed by atoms with van der Waals surface area (Å²) >= 11 is 0. The van der Waals surface area contributed by atoms with Crippen LogP contribution in [0.25, 0.3) is 0 Å². The molecule has 4 atom stereocenters. The number of rotatable bonds is 12. The van der Waals surface area contributed by atoms with Gasteiger partial charge in [0.1, 0.15) is 12.2 Å². The van der Waals surface area contributed by atoms with Crippen LogP contribution in [0.4, 0.5) is 0 Å². The third kappa shape index (κ3) is 11.9. The van der Waals surface area contributed by atoms with Gasteiger partial charge in [-0.3, -0.25) is 9.05 Å². The average Bonchev–Trinajstić information content (AvgIpc) is 2.50. The summed E-state index contributed by atoms with van der Waals surface area (Å²) in [6, 6.07) is 0. The Morgan fingerprint density at radius 1 is 0.852 bits per heavy atom. The fraction of sp³-hybridized carbons (Fsp3) is 0.571. The van der Waals surface area contributed by atoms with Crippen molar-refractivity contribution in [3.8, 4) is 0 Å². The van der Waals surface area contributed by atoms with Gasteiger partial charge in [-0.2, -0.15) is 4.31 Å². The molecule has 0 aromatic heterocycles. The Balaban J connectivity index is 4.51. The summed E-state index contributed by atoms with van der Waals surface area (Å²) in [6.45, 7) is 11.0. The molecule has 2 N–H and O–H groups in total. The molecule has 0 aliphatic heterocycles. The van der Waals surface area contributed by atoms with Gasteiger partial charge in [0.05, 0.1) is 13.2 Å². The maximum absolute atomic E-state index is 11.7. The van der Waals surface area contributed by atoms with Crippen LogP contribution in [0.2, 0.25) is 0 Å². The molecule has 0 rings (SSSR count). The molecule has 0 heterocycles. The van der Waals surface area contributed by atoms with Gasteiger partial charge in [-0.25, -0.2) is 18.7 Å². The smallest absolute Gasteiger partial charge is 0.457 e. The summed E-state index contributed by atoms with van der Waals surface area (Å²) in [5.41, 5.74) is 0.222. The van der Waals surface area contributed by atoms with Crippen molar-refractivity contribution < 1.29 is 51.3 Å². The molecule has 0 aliphatic carbocycles. The highest BCUT2D eigenvalue weighted by Crippen LogP contribution is 2.60. The van der Waals surface area contributed by atoms with Gasteiger partial charge < -0.3 is 19.3 Å². The molecule has 0 amide bonds. The van der Waals surface area contributed by atoms with E-state index in [0.29, 0.717) is 0 Å². The van der Waals surface area contributed by atoms with E-state index in [1.54, 1.807) is 0 Å². The molecule has 0 saturated carbocycles. The highest BCUT2D eigenvalue weighted by Gasteiger charge is 2.36. The minimum Gasteiger partial charge on any atom is -0.457 e. The molecular weight excluding hydrogens is 406 g/mol. The molecule has 0 aromatic carbocycles. The van der Waals surface area contributed by atoms with Crippen LogP contribution in [0.1, 0.15) is 27.7 Å². The molecule has 0 aliphatic rings. The second-order valence-electron chi connectivity index (χ2n) is 5.60. The van der Waals surface area contributed by atoms with E-state index in [1.807, 2.05) is 0 Å². The lowest BCUT2D eigenvalue weighted by molar-refractivity contribution is -0.145. The lowest BCUT2D eigenvalue weighted by Gasteiger charge is -2.19. The monoisotopic (exact) mass is 430 g/mol. The maximum Gasteiger partial charge on any atom is 0.481 e. The summed E-state index contributed by atoms with van der Waals surface area (Å²) in [4.78, 5) is 41.5. The van der Waals surface area contributed by atoms with E-state index in [-0.39, 0.29) is 11.1 Å². The van der Waals surface area contributed by atoms with Crippen molar-refractivity contribution in [3.05, 3.63) is 24.3 Å². The van der Waals surface area contributed by atoms with E-state index in [2.05, 4.69) is 26.5 Å². The van der Waals surface area contributed by atoms with Crippen LogP contribution in [-0.4, -0.2) is 47.1 Å². The highest BCUT2D eigenvalue weighted by molar-refractivity contribution is 7.61. The lowest BCUT2D eigenvalue weighted by atomic mass is 10.3. The van der Waals surface area contributed by atoms with Crippen molar-refractivity contribution in [2.75, 3.05) is 13.2 Å². The molecular formula is C14H24O11P2. The van der Waals surface area contributed by atoms with Gasteiger partial charge in [0.2, 0.25) is 0 Å². The maximum atomic E-state index is 11.7. The van der Waals surface area contributed by atoms with Crippen LogP contribution < -0.4 is 0 Å². The van der Waals surface area contributed by atoms with Gasteiger partial charge in [0.15, 0.2) is 0 Å². The van der Waals surface area contributed by atoms with E-state index in [4.69, 9.17) is 9.47 Å². The molecule has 0 fully saturated rings. The first-order chi connectivity index (χ1) is 12.1. The van der Waals surface area contributed by atoms with E-state index < -0.39 is 53.0 Å². The minimum absolute atomic E-state index is 0.111. The molecule has 11 nitrogen and oxygen atoms in total. The summed E-state index contributed by atoms with van der Waals surface area (Å²) in [6.07, 6.45) is -1.92. The van der Waals surface area contributed by atoms with Crippen molar-refractivity contribution in [3.63, 3.8) is 0 Å². The van der Waals surface area contributed by atoms with Gasteiger partial charge >= 0.3 is 27.6 Å². The lowest BCUT2D eigenvalue weighted by Crippen LogP contribution is -2.21. The fourth-order valence-corrected chi connectivity index (χ4v) is 3.43. The molecule has 156 valence electrons. The molecule has 0 spiro atoms. The van der Waals surface area contributed by atoms with Gasteiger partial charge in [-0.15, -0.1) is 0 Å². The largest absolute Gasteiger partial charge is 0.481 e. The Kier molecular flexibility index (Phi) is 10.3. The summed E-state index contributed by atoms with van der Waals surface area (Å²) in [5, 5.41) is 0. The zero-order valence-electron chi connectivity index (χ0n) is 15.4. The van der Waals surface area contributed by atoms with Crippen LogP contribution in [0, 0.1) is 0 Å². The first-order valence-corrected chi connectivity index (χ1v) is 10.5. The van der Waals surface area contributed by atoms with Crippen LogP contribution in [0.3, 0.4) is 0 Å². The number of ether oxygens (including phenoxy) is 2. The molecule has 0 saturated heterocycles. The summed E-state index contributed by atoms with van der Waals surface area (Å²) in [7, 11) is -10.0. The number of esters is 2. The molecule has 4 unspecified atom stereocenters. The Hall–Kier alpha value is -1.32. The minimum atomic E-state index is -5.01. The topological polar surface area (TPSA) is 155 Å². The average molecular weight is 430 g/mol. The number of hydrogen-bond acceptors (Lipinski definition) is 9. The van der Waals surface area contributed by atoms with Crippen LogP contribution in [-0.2, 0) is 41.6 Å². The Morgan fingerprint density at radius 2 is 1.15 bits per heavy atom. The van der Waals surface area contributed by atoms with Gasteiger partial charge in [0, 0.05) is 11.1 Å². The second-order valence-corrected chi connectivity index (χ2v) is 8.65. The standard InChI is InChI=1S/C14H24O11P2/c1-9(2)13(15)23-11(5)7-21-26(17,18)25-27(19,20)22-8-12(6)24-14(16)10(3)4/h11-12H,1,3,7-8H2,2,4-6H3,(H,17,18)(H,19,20). The van der Waals surface area contributed by atoms with Crippen LogP contribution in [0.15, 0.2) is 24.3 Å². The zero-order chi connectivity index (χ0) is 21.4. The zero-order valence-corrected chi connectivity index (χ0v) is 17.2. The van der Waals surface area contributed by atoms with Gasteiger partial charge in [-0.1, -0.05) is 13.2 Å². The summed E-state index contributed by atoms with van der Waals surface area (Å²) < 4.78 is 46.1. The fourth-order valence-electron chi connectivity index (χ4n) is 1.21. The van der Waals surface area contributed by atoms with E-state index in [1.165, 1.54) is 27.7 Å². The number of phosphoric ester groups is 2. The number of phosphoric acid groups is 2. The predicted octanol–water partition coefficient (Wildman–Crippen LogP) is 2.25. The first kappa shape index (κ1) is 25.7. The van der Waals surface area contributed by atoms with E-state index in [9.17, 15) is 28.5 Å². The Labute approximate surface area is 157 Å². The van der Waals surface area contributed by atoms with E-state index in [0.717, 1.165) is 0 Å². The molecule has 13 heteroatoms. The predicted molar refractivity (Wildman–Crippen MR) is 93.4 cm³/mol. The van der Waals surface area contributed by atoms with Crippen molar-refractivity contribution in [1.29, 1.82) is 0 Å². The molecule has 0 aromatic rings. The quantitative estimate of drug-likeness (QED) is 0.266. The first-order valence-electron chi connectivity index (χ1n) is 7.54. The highest BCUT2D eigenvalue weighted by atomic mass is 31.3. The van der Waals surface area contributed by atoms with Crippen molar-refractivity contribution >= 4 is 27.6 Å². The summed E-state index contributed by atoms with van der Waals surface area (Å²) in [5.74, 6) is -1.48. The SMILES string of the molecule is C=C(C)C(=O)OC(C)COP(=O)(O)OP(=O)(O)OCC(C)OC(=O)C(=C)C. The normalized spacial score (nSPS) is 17.7. The van der Waals surface area contributed by atoms with Gasteiger partial charge in [0.25, 0.3) is 0 Å². The van der Waals surface area contributed by atoms with Gasteiger partial charge in [-0.05, 0) is 27.7 Å². The van der Waals surface area contributed by atoms with Crippen molar-refractivity contribution in [2.45, 2.75) is 39.9 Å². The van der Waals surface area contributed by atoms with Crippen LogP contribution >= 0.6 is 15.6 Å². The number of hydrogen-bond donors (Lipinski definition) is 2. The molecule has 27 heavy (non-hydrogen) atoms. The Morgan fingerprint density at radius 3 is 1.41 bits per heavy atom. The molecule has 0 radical (unpaired) electrons. The van der Waals surface area contributed by atoms with Crippen LogP contribution in [0.5, 0.6) is 0 Å². The third-order valence-corrected chi connectivity index (χ3v) is 5.07. The molecule has 0 bridgehead atoms. The Bertz CT molecular complexity index is 616. The second kappa shape index (κ2) is 10.9. The third-order valence-electron chi connectivity index (χ3n) is 2.46. The number of carbonyl (C=O) groups is 2. The van der Waals surface area contributed by atoms with Crippen molar-refractivity contribution in [1.82, 2.24) is 0 Å².